The molecule has 0 bridgehead atoms. The first kappa shape index (κ1) is 20.0. The molecule has 0 spiro atoms. The Balaban J connectivity index is 1.60. The molecule has 0 saturated carbocycles. The van der Waals surface area contributed by atoms with Gasteiger partial charge in [-0.2, -0.15) is 10.4 Å². The van der Waals surface area contributed by atoms with Gasteiger partial charge in [0.2, 0.25) is 0 Å². The van der Waals surface area contributed by atoms with E-state index in [0.717, 1.165) is 49.7 Å². The van der Waals surface area contributed by atoms with Crippen LogP contribution in [0.2, 0.25) is 0 Å². The Morgan fingerprint density at radius 3 is 2.38 bits per heavy atom. The minimum atomic E-state index is -1.61. The second kappa shape index (κ2) is 7.98. The topological polar surface area (TPSA) is 69.8 Å². The third kappa shape index (κ3) is 3.35. The number of fused-ring (bicyclic) bond motifs is 1. The summed E-state index contributed by atoms with van der Waals surface area (Å²) in [6, 6.07) is 13.1. The highest BCUT2D eigenvalue weighted by Gasteiger charge is 2.20. The van der Waals surface area contributed by atoms with Crippen LogP contribution in [-0.2, 0) is 0 Å². The molecule has 0 radical (unpaired) electrons. The molecule has 1 saturated heterocycles. The minimum absolute atomic E-state index is 0.0380. The summed E-state index contributed by atoms with van der Waals surface area (Å²) in [5, 5.41) is 17.8. The van der Waals surface area contributed by atoms with E-state index in [1.165, 1.54) is 6.07 Å². The third-order valence-electron chi connectivity index (χ3n) is 5.53. The van der Waals surface area contributed by atoms with Gasteiger partial charge in [0, 0.05) is 42.8 Å². The van der Waals surface area contributed by atoms with E-state index in [9.17, 15) is 18.4 Å². The van der Waals surface area contributed by atoms with E-state index in [1.807, 2.05) is 30.3 Å². The van der Waals surface area contributed by atoms with E-state index in [2.05, 4.69) is 20.3 Å². The highest BCUT2D eigenvalue weighted by Crippen LogP contribution is 2.30. The van der Waals surface area contributed by atoms with Gasteiger partial charge in [-0.3, -0.25) is 0 Å². The van der Waals surface area contributed by atoms with Crippen LogP contribution >= 0.6 is 0 Å². The molecule has 0 aliphatic carbocycles. The Morgan fingerprint density at radius 1 is 0.938 bits per heavy atom. The first-order valence-electron chi connectivity index (χ1n) is 10.1. The van der Waals surface area contributed by atoms with E-state index >= 15 is 0 Å². The smallest absolute Gasteiger partial charge is 0.195 e. The van der Waals surface area contributed by atoms with Gasteiger partial charge in [-0.1, -0.05) is 0 Å². The van der Waals surface area contributed by atoms with Crippen molar-refractivity contribution < 1.29 is 13.2 Å². The van der Waals surface area contributed by atoms with Gasteiger partial charge in [0.1, 0.15) is 6.07 Å². The standard InChI is InChI=1S/C23H17F3N6/c24-19-6-5-18(20(25)21(19)26)22-14(12-27)11-15-13-29-32(23(15)30-22)17-3-1-16(2-4-17)31-9-7-28-8-10-31/h1-6,11,13,28H,7-10H2. The molecule has 5 rings (SSSR count). The number of nitrogens with one attached hydrogen (secondary N) is 1. The SMILES string of the molecule is N#Cc1cc2cnn(-c3ccc(N4CCNCC4)cc3)c2nc1-c1ccc(F)c(F)c1F. The van der Waals surface area contributed by atoms with Crippen LogP contribution in [0.1, 0.15) is 5.56 Å². The minimum Gasteiger partial charge on any atom is -0.369 e. The molecule has 0 amide bonds. The quantitative estimate of drug-likeness (QED) is 0.497. The number of rotatable bonds is 3. The molecule has 160 valence electrons. The molecule has 1 aliphatic heterocycles. The number of hydrogen-bond acceptors (Lipinski definition) is 5. The zero-order valence-corrected chi connectivity index (χ0v) is 16.8. The predicted octanol–water partition coefficient (Wildman–Crippen LogP) is 3.79. The molecule has 2 aromatic heterocycles. The number of piperazine rings is 1. The first-order chi connectivity index (χ1) is 15.6. The third-order valence-corrected chi connectivity index (χ3v) is 5.53. The van der Waals surface area contributed by atoms with Crippen molar-refractivity contribution in [3.63, 3.8) is 0 Å². The van der Waals surface area contributed by atoms with Crippen LogP contribution in [0.3, 0.4) is 0 Å². The maximum Gasteiger partial charge on any atom is 0.195 e. The normalized spacial score (nSPS) is 14.0. The fourth-order valence-corrected chi connectivity index (χ4v) is 3.87. The van der Waals surface area contributed by atoms with Gasteiger partial charge < -0.3 is 10.2 Å². The van der Waals surface area contributed by atoms with Crippen molar-refractivity contribution in [2.24, 2.45) is 0 Å². The van der Waals surface area contributed by atoms with Crippen molar-refractivity contribution in [1.82, 2.24) is 20.1 Å². The van der Waals surface area contributed by atoms with E-state index in [1.54, 1.807) is 10.9 Å². The van der Waals surface area contributed by atoms with Crippen LogP contribution < -0.4 is 10.2 Å². The molecule has 0 unspecified atom stereocenters. The number of hydrogen-bond donors (Lipinski definition) is 1. The van der Waals surface area contributed by atoms with E-state index in [4.69, 9.17) is 0 Å². The van der Waals surface area contributed by atoms with Crippen molar-refractivity contribution in [2.75, 3.05) is 31.1 Å². The van der Waals surface area contributed by atoms with Gasteiger partial charge in [-0.05, 0) is 42.5 Å². The van der Waals surface area contributed by atoms with Crippen LogP contribution in [0.25, 0.3) is 28.0 Å². The fourth-order valence-electron chi connectivity index (χ4n) is 3.87. The van der Waals surface area contributed by atoms with Crippen LogP contribution in [0.5, 0.6) is 0 Å². The van der Waals surface area contributed by atoms with Crippen molar-refractivity contribution >= 4 is 16.7 Å². The molecule has 1 aliphatic rings. The van der Waals surface area contributed by atoms with Gasteiger partial charge in [0.15, 0.2) is 23.1 Å². The van der Waals surface area contributed by atoms with Gasteiger partial charge in [-0.15, -0.1) is 0 Å². The highest BCUT2D eigenvalue weighted by molar-refractivity contribution is 5.83. The molecule has 32 heavy (non-hydrogen) atoms. The summed E-state index contributed by atoms with van der Waals surface area (Å²) in [4.78, 5) is 6.71. The van der Waals surface area contributed by atoms with Crippen LogP contribution in [0, 0.1) is 28.8 Å². The molecule has 6 nitrogen and oxygen atoms in total. The zero-order chi connectivity index (χ0) is 22.2. The molecule has 4 aromatic rings. The highest BCUT2D eigenvalue weighted by atomic mass is 19.2. The summed E-state index contributed by atoms with van der Waals surface area (Å²) >= 11 is 0. The monoisotopic (exact) mass is 434 g/mol. The van der Waals surface area contributed by atoms with Gasteiger partial charge in [0.25, 0.3) is 0 Å². The first-order valence-corrected chi connectivity index (χ1v) is 10.1. The molecule has 1 N–H and O–H groups in total. The van der Waals surface area contributed by atoms with Gasteiger partial charge >= 0.3 is 0 Å². The maximum absolute atomic E-state index is 14.4. The van der Waals surface area contributed by atoms with Gasteiger partial charge in [0.05, 0.1) is 23.1 Å². The summed E-state index contributed by atoms with van der Waals surface area (Å²) in [6.45, 7) is 3.71. The van der Waals surface area contributed by atoms with Gasteiger partial charge in [-0.25, -0.2) is 22.8 Å². The number of pyridine rings is 1. The van der Waals surface area contributed by atoms with Crippen molar-refractivity contribution in [3.8, 4) is 23.0 Å². The molecule has 2 aromatic carbocycles. The number of nitrogens with zero attached hydrogens (tertiary/aromatic N) is 5. The summed E-state index contributed by atoms with van der Waals surface area (Å²) in [6.07, 6.45) is 1.55. The van der Waals surface area contributed by atoms with Crippen molar-refractivity contribution in [3.05, 3.63) is 71.7 Å². The largest absolute Gasteiger partial charge is 0.369 e. The lowest BCUT2D eigenvalue weighted by Gasteiger charge is -2.29. The Hall–Kier alpha value is -3.90. The Labute approximate surface area is 181 Å². The lowest BCUT2D eigenvalue weighted by Crippen LogP contribution is -2.43. The van der Waals surface area contributed by atoms with Crippen molar-refractivity contribution in [2.45, 2.75) is 0 Å². The summed E-state index contributed by atoms with van der Waals surface area (Å²) < 4.78 is 43.2. The van der Waals surface area contributed by atoms with E-state index in [-0.39, 0.29) is 16.8 Å². The molecule has 1 fully saturated rings. The van der Waals surface area contributed by atoms with Crippen LogP contribution in [-0.4, -0.2) is 40.9 Å². The lowest BCUT2D eigenvalue weighted by atomic mass is 10.0. The number of aromatic nitrogens is 3. The second-order valence-electron chi connectivity index (χ2n) is 7.44. The number of anilines is 1. The van der Waals surface area contributed by atoms with Crippen molar-refractivity contribution in [1.29, 1.82) is 5.26 Å². The molecule has 0 atom stereocenters. The van der Waals surface area contributed by atoms with E-state index in [0.29, 0.717) is 11.0 Å². The Kier molecular flexibility index (Phi) is 4.99. The molecular weight excluding hydrogens is 417 g/mol. The van der Waals surface area contributed by atoms with E-state index < -0.39 is 17.5 Å². The number of nitriles is 1. The Bertz CT molecular complexity index is 1350. The molecule has 3 heterocycles. The summed E-state index contributed by atoms with van der Waals surface area (Å²) in [5.41, 5.74) is 1.87. The summed E-state index contributed by atoms with van der Waals surface area (Å²) in [7, 11) is 0. The van der Waals surface area contributed by atoms with Crippen LogP contribution in [0.15, 0.2) is 48.7 Å². The average molecular weight is 434 g/mol. The average Bonchev–Trinajstić information content (AvgIpc) is 3.25. The number of benzene rings is 2. The maximum atomic E-state index is 14.4. The molecular formula is C23H17F3N6. The zero-order valence-electron chi connectivity index (χ0n) is 16.8. The Morgan fingerprint density at radius 2 is 1.66 bits per heavy atom. The second-order valence-corrected chi connectivity index (χ2v) is 7.44. The van der Waals surface area contributed by atoms with Crippen LogP contribution in [0.4, 0.5) is 18.9 Å². The summed E-state index contributed by atoms with van der Waals surface area (Å²) in [5.74, 6) is -4.30. The molecule has 9 heteroatoms. The lowest BCUT2D eigenvalue weighted by molar-refractivity contribution is 0.449. The fraction of sp³-hybridized carbons (Fsp3) is 0.174. The predicted molar refractivity (Wildman–Crippen MR) is 114 cm³/mol. The number of halogens is 3.